The minimum absolute atomic E-state index is 0.155. The lowest BCUT2D eigenvalue weighted by Crippen LogP contribution is -2.51. The van der Waals surface area contributed by atoms with E-state index in [9.17, 15) is 10.2 Å². The molecular weight excluding hydrogens is 152 g/mol. The maximum absolute atomic E-state index is 9.90. The van der Waals surface area contributed by atoms with Gasteiger partial charge in [0.1, 0.15) is 0 Å². The summed E-state index contributed by atoms with van der Waals surface area (Å²) in [6.07, 6.45) is 1.11. The first-order valence-electron chi connectivity index (χ1n) is 4.65. The van der Waals surface area contributed by atoms with Crippen LogP contribution < -0.4 is 0 Å². The van der Waals surface area contributed by atoms with Crippen molar-refractivity contribution in [3.05, 3.63) is 0 Å². The van der Waals surface area contributed by atoms with Crippen LogP contribution >= 0.6 is 0 Å². The largest absolute Gasteiger partial charge is 0.390 e. The second-order valence-electron chi connectivity index (χ2n) is 5.32. The minimum atomic E-state index is -0.902. The maximum Gasteiger partial charge on any atom is 0.0885 e. The zero-order valence-corrected chi connectivity index (χ0v) is 8.46. The van der Waals surface area contributed by atoms with Gasteiger partial charge in [-0.1, -0.05) is 20.8 Å². The number of rotatable bonds is 0. The first-order valence-corrected chi connectivity index (χ1v) is 4.65. The highest BCUT2D eigenvalue weighted by Gasteiger charge is 2.45. The summed E-state index contributed by atoms with van der Waals surface area (Å²) in [6, 6.07) is 0. The normalized spacial score (nSPS) is 47.5. The SMILES string of the molecule is CC1CC(C)(C)CC(C)(O)C1O. The van der Waals surface area contributed by atoms with Gasteiger partial charge < -0.3 is 10.2 Å². The molecule has 0 amide bonds. The number of hydrogen-bond acceptors (Lipinski definition) is 2. The Bertz CT molecular complexity index is 173. The van der Waals surface area contributed by atoms with E-state index in [-0.39, 0.29) is 11.3 Å². The summed E-state index contributed by atoms with van der Waals surface area (Å²) in [5.74, 6) is 0.198. The number of aliphatic hydroxyl groups excluding tert-OH is 1. The van der Waals surface area contributed by atoms with Gasteiger partial charge in [-0.05, 0) is 31.1 Å². The molecule has 0 heterocycles. The van der Waals surface area contributed by atoms with E-state index in [4.69, 9.17) is 0 Å². The predicted octanol–water partition coefficient (Wildman–Crippen LogP) is 1.55. The lowest BCUT2D eigenvalue weighted by Gasteiger charge is -2.46. The molecule has 2 nitrogen and oxygen atoms in total. The van der Waals surface area contributed by atoms with Crippen molar-refractivity contribution in [3.8, 4) is 0 Å². The van der Waals surface area contributed by atoms with E-state index in [1.165, 1.54) is 0 Å². The van der Waals surface area contributed by atoms with Crippen molar-refractivity contribution >= 4 is 0 Å². The Kier molecular flexibility index (Phi) is 2.26. The van der Waals surface area contributed by atoms with E-state index in [2.05, 4.69) is 13.8 Å². The van der Waals surface area contributed by atoms with Crippen LogP contribution in [0.5, 0.6) is 0 Å². The summed E-state index contributed by atoms with van der Waals surface area (Å²) in [6.45, 7) is 8.02. The van der Waals surface area contributed by atoms with Crippen LogP contribution in [0.25, 0.3) is 0 Å². The molecule has 1 aliphatic rings. The van der Waals surface area contributed by atoms with Gasteiger partial charge in [0.05, 0.1) is 11.7 Å². The van der Waals surface area contributed by atoms with Crippen molar-refractivity contribution in [1.29, 1.82) is 0 Å². The molecule has 1 rings (SSSR count). The Labute approximate surface area is 74.6 Å². The van der Waals surface area contributed by atoms with Crippen molar-refractivity contribution < 1.29 is 10.2 Å². The van der Waals surface area contributed by atoms with Crippen LogP contribution in [-0.2, 0) is 0 Å². The van der Waals surface area contributed by atoms with Crippen LogP contribution in [0.2, 0.25) is 0 Å². The third kappa shape index (κ3) is 1.80. The van der Waals surface area contributed by atoms with E-state index < -0.39 is 11.7 Å². The summed E-state index contributed by atoms with van der Waals surface area (Å²) in [5.41, 5.74) is -0.747. The van der Waals surface area contributed by atoms with Gasteiger partial charge in [-0.25, -0.2) is 0 Å². The summed E-state index contributed by atoms with van der Waals surface area (Å²) in [5, 5.41) is 19.6. The van der Waals surface area contributed by atoms with Crippen LogP contribution in [0.3, 0.4) is 0 Å². The molecule has 2 heteroatoms. The van der Waals surface area contributed by atoms with E-state index in [0.717, 1.165) is 6.42 Å². The Hall–Kier alpha value is -0.0800. The molecular formula is C10H20O2. The molecule has 0 aromatic heterocycles. The summed E-state index contributed by atoms with van der Waals surface area (Å²) in [4.78, 5) is 0. The van der Waals surface area contributed by atoms with Crippen molar-refractivity contribution in [3.63, 3.8) is 0 Å². The van der Waals surface area contributed by atoms with Crippen LogP contribution in [-0.4, -0.2) is 21.9 Å². The fourth-order valence-corrected chi connectivity index (χ4v) is 2.74. The van der Waals surface area contributed by atoms with Crippen LogP contribution in [0, 0.1) is 11.3 Å². The molecule has 12 heavy (non-hydrogen) atoms. The lowest BCUT2D eigenvalue weighted by atomic mass is 9.65. The molecule has 72 valence electrons. The standard InChI is InChI=1S/C10H20O2/c1-7-5-9(2,3)6-10(4,12)8(7)11/h7-8,11-12H,5-6H2,1-4H3. The first kappa shape index (κ1) is 10.0. The average molecular weight is 172 g/mol. The maximum atomic E-state index is 9.90. The Morgan fingerprint density at radius 3 is 2.17 bits per heavy atom. The van der Waals surface area contributed by atoms with Gasteiger partial charge in [0.2, 0.25) is 0 Å². The third-order valence-electron chi connectivity index (χ3n) is 2.89. The number of aliphatic hydroxyl groups is 2. The molecule has 0 radical (unpaired) electrons. The van der Waals surface area contributed by atoms with Crippen molar-refractivity contribution in [2.75, 3.05) is 0 Å². The lowest BCUT2D eigenvalue weighted by molar-refractivity contribution is -0.141. The average Bonchev–Trinajstić information content (AvgIpc) is 1.79. The molecule has 3 atom stereocenters. The Morgan fingerprint density at radius 1 is 1.25 bits per heavy atom. The van der Waals surface area contributed by atoms with Gasteiger partial charge in [-0.15, -0.1) is 0 Å². The van der Waals surface area contributed by atoms with Gasteiger partial charge >= 0.3 is 0 Å². The zero-order valence-electron chi connectivity index (χ0n) is 8.46. The number of hydrogen-bond donors (Lipinski definition) is 2. The highest BCUT2D eigenvalue weighted by molar-refractivity contribution is 4.96. The second-order valence-corrected chi connectivity index (χ2v) is 5.32. The third-order valence-corrected chi connectivity index (χ3v) is 2.89. The molecule has 3 unspecified atom stereocenters. The highest BCUT2D eigenvalue weighted by atomic mass is 16.3. The van der Waals surface area contributed by atoms with E-state index in [1.807, 2.05) is 6.92 Å². The molecule has 0 aromatic rings. The molecule has 1 saturated carbocycles. The Balaban J connectivity index is 2.80. The monoisotopic (exact) mass is 172 g/mol. The zero-order chi connectivity index (χ0) is 9.57. The molecule has 2 N–H and O–H groups in total. The minimum Gasteiger partial charge on any atom is -0.390 e. The summed E-state index contributed by atoms with van der Waals surface area (Å²) < 4.78 is 0. The molecule has 0 aliphatic heterocycles. The Morgan fingerprint density at radius 2 is 1.75 bits per heavy atom. The van der Waals surface area contributed by atoms with Gasteiger partial charge in [-0.3, -0.25) is 0 Å². The van der Waals surface area contributed by atoms with E-state index in [0.29, 0.717) is 6.42 Å². The van der Waals surface area contributed by atoms with E-state index >= 15 is 0 Å². The molecule has 0 aromatic carbocycles. The molecule has 1 fully saturated rings. The predicted molar refractivity (Wildman–Crippen MR) is 48.8 cm³/mol. The highest BCUT2D eigenvalue weighted by Crippen LogP contribution is 2.43. The van der Waals surface area contributed by atoms with Crippen molar-refractivity contribution in [1.82, 2.24) is 0 Å². The molecule has 0 bridgehead atoms. The summed E-state index contributed by atoms with van der Waals surface area (Å²) >= 11 is 0. The van der Waals surface area contributed by atoms with Gasteiger partial charge in [0.25, 0.3) is 0 Å². The van der Waals surface area contributed by atoms with Crippen LogP contribution in [0.1, 0.15) is 40.5 Å². The van der Waals surface area contributed by atoms with Gasteiger partial charge in [-0.2, -0.15) is 0 Å². The van der Waals surface area contributed by atoms with Gasteiger partial charge in [0, 0.05) is 0 Å². The topological polar surface area (TPSA) is 40.5 Å². The fourth-order valence-electron chi connectivity index (χ4n) is 2.74. The van der Waals surface area contributed by atoms with Gasteiger partial charge in [0.15, 0.2) is 0 Å². The van der Waals surface area contributed by atoms with Crippen LogP contribution in [0.4, 0.5) is 0 Å². The van der Waals surface area contributed by atoms with Crippen molar-refractivity contribution in [2.45, 2.75) is 52.2 Å². The van der Waals surface area contributed by atoms with Crippen molar-refractivity contribution in [2.24, 2.45) is 11.3 Å². The first-order chi connectivity index (χ1) is 5.25. The molecule has 0 saturated heterocycles. The van der Waals surface area contributed by atoms with E-state index in [1.54, 1.807) is 6.92 Å². The molecule has 0 spiro atoms. The molecule has 1 aliphatic carbocycles. The fraction of sp³-hybridized carbons (Fsp3) is 1.00. The summed E-state index contributed by atoms with van der Waals surface area (Å²) in [7, 11) is 0. The quantitative estimate of drug-likeness (QED) is 0.582. The smallest absolute Gasteiger partial charge is 0.0885 e. The second kappa shape index (κ2) is 2.71. The van der Waals surface area contributed by atoms with Crippen LogP contribution in [0.15, 0.2) is 0 Å².